The Balaban J connectivity index is 2.26. The fourth-order valence-electron chi connectivity index (χ4n) is 1.35. The first-order valence-corrected chi connectivity index (χ1v) is 3.78. The normalized spacial score (nSPS) is 26.7. The van der Waals surface area contributed by atoms with E-state index < -0.39 is 6.30 Å². The van der Waals surface area contributed by atoms with Crippen molar-refractivity contribution in [3.63, 3.8) is 0 Å². The zero-order valence-electron chi connectivity index (χ0n) is 6.39. The summed E-state index contributed by atoms with van der Waals surface area (Å²) < 4.78 is 12.5. The third-order valence-corrected chi connectivity index (χ3v) is 2.21. The second-order valence-corrected chi connectivity index (χ2v) is 3.09. The molecule has 1 unspecified atom stereocenters. The Morgan fingerprint density at radius 2 is 2.00 bits per heavy atom. The summed E-state index contributed by atoms with van der Waals surface area (Å²) >= 11 is 0. The van der Waals surface area contributed by atoms with Crippen molar-refractivity contribution < 1.29 is 4.39 Å². The van der Waals surface area contributed by atoms with Gasteiger partial charge in [-0.1, -0.05) is 0 Å². The Hall–Kier alpha value is -0.150. The van der Waals surface area contributed by atoms with E-state index in [2.05, 4.69) is 11.9 Å². The highest BCUT2D eigenvalue weighted by molar-refractivity contribution is 4.72. The van der Waals surface area contributed by atoms with Crippen LogP contribution in [0.5, 0.6) is 0 Å². The molecular weight excluding hydrogens is 131 g/mol. The van der Waals surface area contributed by atoms with Crippen LogP contribution in [0.15, 0.2) is 0 Å². The molecule has 1 fully saturated rings. The third kappa shape index (κ3) is 1.92. The maximum absolute atomic E-state index is 12.5. The summed E-state index contributed by atoms with van der Waals surface area (Å²) in [5.74, 6) is 0.108. The highest BCUT2D eigenvalue weighted by Crippen LogP contribution is 2.18. The van der Waals surface area contributed by atoms with Crippen molar-refractivity contribution in [3.05, 3.63) is 0 Å². The first-order chi connectivity index (χ1) is 4.70. The lowest BCUT2D eigenvalue weighted by molar-refractivity contribution is 0.140. The number of piperidine rings is 1. The number of halogens is 1. The molecule has 1 heterocycles. The van der Waals surface area contributed by atoms with E-state index in [0.29, 0.717) is 0 Å². The van der Waals surface area contributed by atoms with Crippen LogP contribution >= 0.6 is 0 Å². The Kier molecular flexibility index (Phi) is 2.63. The summed E-state index contributed by atoms with van der Waals surface area (Å²) in [5, 5.41) is 0. The van der Waals surface area contributed by atoms with Gasteiger partial charge in [0, 0.05) is 5.92 Å². The minimum absolute atomic E-state index is 0.108. The SMILES string of the molecule is CN1CCC(C(N)F)CC1. The van der Waals surface area contributed by atoms with Crippen LogP contribution in [0, 0.1) is 5.92 Å². The number of rotatable bonds is 1. The van der Waals surface area contributed by atoms with Crippen molar-refractivity contribution in [2.24, 2.45) is 11.7 Å². The first-order valence-electron chi connectivity index (χ1n) is 3.78. The zero-order chi connectivity index (χ0) is 7.56. The number of hydrogen-bond donors (Lipinski definition) is 1. The van der Waals surface area contributed by atoms with Gasteiger partial charge in [0.25, 0.3) is 0 Å². The molecule has 2 nitrogen and oxygen atoms in total. The molecule has 0 aromatic heterocycles. The lowest BCUT2D eigenvalue weighted by Gasteiger charge is -2.29. The maximum Gasteiger partial charge on any atom is 0.151 e. The van der Waals surface area contributed by atoms with Gasteiger partial charge in [-0.05, 0) is 33.0 Å². The second-order valence-electron chi connectivity index (χ2n) is 3.09. The molecule has 0 aromatic carbocycles. The Morgan fingerprint density at radius 3 is 2.40 bits per heavy atom. The fourth-order valence-corrected chi connectivity index (χ4v) is 1.35. The molecule has 2 N–H and O–H groups in total. The van der Waals surface area contributed by atoms with Crippen LogP contribution < -0.4 is 5.73 Å². The van der Waals surface area contributed by atoms with E-state index in [1.54, 1.807) is 0 Å². The largest absolute Gasteiger partial charge is 0.306 e. The quantitative estimate of drug-likeness (QED) is 0.548. The van der Waals surface area contributed by atoms with Crippen LogP contribution in [0.3, 0.4) is 0 Å². The van der Waals surface area contributed by atoms with E-state index in [-0.39, 0.29) is 5.92 Å². The van der Waals surface area contributed by atoms with Gasteiger partial charge in [0.2, 0.25) is 0 Å². The van der Waals surface area contributed by atoms with E-state index in [0.717, 1.165) is 25.9 Å². The fraction of sp³-hybridized carbons (Fsp3) is 1.00. The van der Waals surface area contributed by atoms with Gasteiger partial charge in [-0.25, -0.2) is 4.39 Å². The molecule has 1 saturated heterocycles. The summed E-state index contributed by atoms with van der Waals surface area (Å²) in [5.41, 5.74) is 5.13. The van der Waals surface area contributed by atoms with Gasteiger partial charge in [-0.2, -0.15) is 0 Å². The van der Waals surface area contributed by atoms with E-state index in [1.165, 1.54) is 0 Å². The number of nitrogens with two attached hydrogens (primary N) is 1. The minimum atomic E-state index is -1.10. The van der Waals surface area contributed by atoms with Gasteiger partial charge in [-0.15, -0.1) is 0 Å². The van der Waals surface area contributed by atoms with Gasteiger partial charge in [0.05, 0.1) is 0 Å². The zero-order valence-corrected chi connectivity index (χ0v) is 6.39. The molecule has 0 amide bonds. The standard InChI is InChI=1S/C7H15FN2/c1-10-4-2-6(3-5-10)7(8)9/h6-7H,2-5,9H2,1H3. The molecule has 60 valence electrons. The highest BCUT2D eigenvalue weighted by atomic mass is 19.1. The summed E-state index contributed by atoms with van der Waals surface area (Å²) in [6, 6.07) is 0. The summed E-state index contributed by atoms with van der Waals surface area (Å²) in [6.07, 6.45) is 0.719. The molecule has 3 heteroatoms. The van der Waals surface area contributed by atoms with Crippen LogP contribution in [-0.4, -0.2) is 31.3 Å². The predicted octanol–water partition coefficient (Wildman–Crippen LogP) is 0.582. The molecule has 0 bridgehead atoms. The topological polar surface area (TPSA) is 29.3 Å². The lowest BCUT2D eigenvalue weighted by atomic mass is 9.96. The molecule has 0 aromatic rings. The van der Waals surface area contributed by atoms with Crippen molar-refractivity contribution in [2.45, 2.75) is 19.1 Å². The van der Waals surface area contributed by atoms with Crippen molar-refractivity contribution >= 4 is 0 Å². The molecule has 0 radical (unpaired) electrons. The second kappa shape index (κ2) is 3.30. The average molecular weight is 146 g/mol. The molecule has 0 saturated carbocycles. The number of likely N-dealkylation sites (tertiary alicyclic amines) is 1. The molecule has 0 aliphatic carbocycles. The van der Waals surface area contributed by atoms with Gasteiger partial charge in [-0.3, -0.25) is 0 Å². The van der Waals surface area contributed by atoms with E-state index in [9.17, 15) is 4.39 Å². The summed E-state index contributed by atoms with van der Waals surface area (Å²) in [7, 11) is 2.06. The maximum atomic E-state index is 12.5. The van der Waals surface area contributed by atoms with E-state index in [4.69, 9.17) is 5.73 Å². The van der Waals surface area contributed by atoms with Crippen LogP contribution in [0.2, 0.25) is 0 Å². The molecular formula is C7H15FN2. The predicted molar refractivity (Wildman–Crippen MR) is 39.3 cm³/mol. The van der Waals surface area contributed by atoms with Crippen LogP contribution in [-0.2, 0) is 0 Å². The van der Waals surface area contributed by atoms with E-state index in [1.807, 2.05) is 0 Å². The van der Waals surface area contributed by atoms with Gasteiger partial charge < -0.3 is 10.6 Å². The first kappa shape index (κ1) is 7.95. The Bertz CT molecular complexity index is 97.8. The number of alkyl halides is 1. The number of nitrogens with zero attached hydrogens (tertiary/aromatic N) is 1. The molecule has 10 heavy (non-hydrogen) atoms. The van der Waals surface area contributed by atoms with Crippen molar-refractivity contribution in [1.82, 2.24) is 4.90 Å². The van der Waals surface area contributed by atoms with Crippen LogP contribution in [0.1, 0.15) is 12.8 Å². The van der Waals surface area contributed by atoms with Crippen molar-refractivity contribution in [2.75, 3.05) is 20.1 Å². The van der Waals surface area contributed by atoms with Crippen molar-refractivity contribution in [3.8, 4) is 0 Å². The Morgan fingerprint density at radius 1 is 1.50 bits per heavy atom. The molecule has 1 atom stereocenters. The number of hydrogen-bond acceptors (Lipinski definition) is 2. The van der Waals surface area contributed by atoms with Gasteiger partial charge in [0.15, 0.2) is 6.30 Å². The van der Waals surface area contributed by atoms with Gasteiger partial charge in [0.1, 0.15) is 0 Å². The summed E-state index contributed by atoms with van der Waals surface area (Å²) in [6.45, 7) is 1.98. The molecule has 1 aliphatic heterocycles. The van der Waals surface area contributed by atoms with Crippen LogP contribution in [0.25, 0.3) is 0 Å². The molecule has 1 aliphatic rings. The lowest BCUT2D eigenvalue weighted by Crippen LogP contribution is -2.37. The average Bonchev–Trinajstić information content (AvgIpc) is 1.88. The van der Waals surface area contributed by atoms with Crippen LogP contribution in [0.4, 0.5) is 4.39 Å². The van der Waals surface area contributed by atoms with Crippen molar-refractivity contribution in [1.29, 1.82) is 0 Å². The summed E-state index contributed by atoms with van der Waals surface area (Å²) in [4.78, 5) is 2.21. The third-order valence-electron chi connectivity index (χ3n) is 2.21. The highest BCUT2D eigenvalue weighted by Gasteiger charge is 2.21. The molecule has 1 rings (SSSR count). The Labute approximate surface area is 61.2 Å². The molecule has 0 spiro atoms. The minimum Gasteiger partial charge on any atom is -0.306 e. The van der Waals surface area contributed by atoms with E-state index >= 15 is 0 Å². The monoisotopic (exact) mass is 146 g/mol. The smallest absolute Gasteiger partial charge is 0.151 e. The van der Waals surface area contributed by atoms with Gasteiger partial charge >= 0.3 is 0 Å².